The maximum atomic E-state index is 13.8. The van der Waals surface area contributed by atoms with Crippen LogP contribution in [0.3, 0.4) is 0 Å². The molecule has 1 N–H and O–H groups in total. The summed E-state index contributed by atoms with van der Waals surface area (Å²) in [5.41, 5.74) is 3.05. The third-order valence-corrected chi connectivity index (χ3v) is 7.86. The molecule has 3 aromatic rings. The van der Waals surface area contributed by atoms with Gasteiger partial charge in [-0.05, 0) is 76.6 Å². The van der Waals surface area contributed by atoms with Crippen LogP contribution in [0, 0.1) is 19.7 Å². The minimum atomic E-state index is -4.24. The van der Waals surface area contributed by atoms with Crippen molar-refractivity contribution in [3.05, 3.63) is 95.3 Å². The van der Waals surface area contributed by atoms with Crippen molar-refractivity contribution >= 4 is 27.5 Å². The molecule has 3 rings (SSSR count). The first kappa shape index (κ1) is 28.8. The molecular formula is C29H34FN3O4S. The molecule has 1 atom stereocenters. The van der Waals surface area contributed by atoms with Gasteiger partial charge in [0.1, 0.15) is 18.4 Å². The topological polar surface area (TPSA) is 86.8 Å². The summed E-state index contributed by atoms with van der Waals surface area (Å²) in [6, 6.07) is 17.7. The van der Waals surface area contributed by atoms with Gasteiger partial charge in [0.15, 0.2) is 0 Å². The van der Waals surface area contributed by atoms with Crippen LogP contribution in [-0.2, 0) is 26.2 Å². The number of anilines is 1. The Labute approximate surface area is 224 Å². The van der Waals surface area contributed by atoms with Crippen molar-refractivity contribution in [2.45, 2.75) is 58.1 Å². The molecule has 0 saturated heterocycles. The molecule has 0 spiro atoms. The van der Waals surface area contributed by atoms with E-state index in [-0.39, 0.29) is 29.1 Å². The second kappa shape index (κ2) is 12.2. The quantitative estimate of drug-likeness (QED) is 0.409. The van der Waals surface area contributed by atoms with Crippen LogP contribution < -0.4 is 9.62 Å². The lowest BCUT2D eigenvalue weighted by Gasteiger charge is -2.32. The molecule has 38 heavy (non-hydrogen) atoms. The number of sulfonamides is 1. The summed E-state index contributed by atoms with van der Waals surface area (Å²) >= 11 is 0. The number of rotatable bonds is 10. The highest BCUT2D eigenvalue weighted by atomic mass is 32.2. The Morgan fingerprint density at radius 2 is 1.37 bits per heavy atom. The van der Waals surface area contributed by atoms with Crippen molar-refractivity contribution in [2.24, 2.45) is 0 Å². The van der Waals surface area contributed by atoms with Gasteiger partial charge in [0, 0.05) is 12.6 Å². The predicted octanol–water partition coefficient (Wildman–Crippen LogP) is 4.58. The third kappa shape index (κ3) is 7.19. The first-order chi connectivity index (χ1) is 17.9. The number of nitrogens with one attached hydrogen (secondary N) is 1. The van der Waals surface area contributed by atoms with Gasteiger partial charge in [-0.15, -0.1) is 0 Å². The zero-order valence-corrected chi connectivity index (χ0v) is 23.1. The Hall–Kier alpha value is -3.72. The zero-order valence-electron chi connectivity index (χ0n) is 22.3. The fourth-order valence-electron chi connectivity index (χ4n) is 3.85. The Bertz CT molecular complexity index is 1360. The second-order valence-corrected chi connectivity index (χ2v) is 11.5. The summed E-state index contributed by atoms with van der Waals surface area (Å²) in [4.78, 5) is 28.0. The fraction of sp³-hybridized carbons (Fsp3) is 0.310. The molecule has 3 aromatic carbocycles. The minimum absolute atomic E-state index is 0.115. The van der Waals surface area contributed by atoms with E-state index in [9.17, 15) is 22.4 Å². The van der Waals surface area contributed by atoms with Crippen molar-refractivity contribution < 1.29 is 22.4 Å². The SMILES string of the molecule is Cc1ccc(CN(C(=O)CN(c2ccc(C)cc2)S(=O)(=O)c2ccc(F)cc2)[C@H](C)C(=O)NC(C)C)cc1. The molecule has 2 amide bonds. The second-order valence-electron chi connectivity index (χ2n) is 9.65. The van der Waals surface area contributed by atoms with E-state index in [1.165, 1.54) is 17.0 Å². The van der Waals surface area contributed by atoms with Crippen molar-refractivity contribution in [1.82, 2.24) is 10.2 Å². The average molecular weight is 540 g/mol. The maximum Gasteiger partial charge on any atom is 0.264 e. The number of benzene rings is 3. The van der Waals surface area contributed by atoms with E-state index in [1.807, 2.05) is 52.0 Å². The Morgan fingerprint density at radius 3 is 1.89 bits per heavy atom. The van der Waals surface area contributed by atoms with Crippen molar-refractivity contribution in [3.63, 3.8) is 0 Å². The standard InChI is InChI=1S/C29H34FN3O4S/c1-20(2)31-29(35)23(5)32(18-24-10-6-21(3)7-11-24)28(34)19-33(26-14-8-22(4)9-15-26)38(36,37)27-16-12-25(30)13-17-27/h6-17,20,23H,18-19H2,1-5H3,(H,31,35)/t23-/m1/s1. The van der Waals surface area contributed by atoms with Crippen LogP contribution >= 0.6 is 0 Å². The molecular weight excluding hydrogens is 505 g/mol. The van der Waals surface area contributed by atoms with Gasteiger partial charge >= 0.3 is 0 Å². The van der Waals surface area contributed by atoms with Gasteiger partial charge in [-0.3, -0.25) is 13.9 Å². The van der Waals surface area contributed by atoms with E-state index < -0.39 is 34.3 Å². The number of hydrogen-bond acceptors (Lipinski definition) is 4. The molecule has 202 valence electrons. The van der Waals surface area contributed by atoms with Crippen LogP contribution in [0.4, 0.5) is 10.1 Å². The van der Waals surface area contributed by atoms with E-state index in [4.69, 9.17) is 0 Å². The lowest BCUT2D eigenvalue weighted by molar-refractivity contribution is -0.139. The van der Waals surface area contributed by atoms with Gasteiger partial charge in [0.2, 0.25) is 11.8 Å². The smallest absolute Gasteiger partial charge is 0.264 e. The monoisotopic (exact) mass is 539 g/mol. The number of carbonyl (C=O) groups excluding carboxylic acids is 2. The van der Waals surface area contributed by atoms with Crippen LogP contribution in [0.2, 0.25) is 0 Å². The Kier molecular flexibility index (Phi) is 9.27. The van der Waals surface area contributed by atoms with E-state index in [0.717, 1.165) is 33.1 Å². The Balaban J connectivity index is 2.02. The molecule has 0 bridgehead atoms. The van der Waals surface area contributed by atoms with E-state index in [1.54, 1.807) is 31.2 Å². The van der Waals surface area contributed by atoms with Crippen LogP contribution in [0.15, 0.2) is 77.7 Å². The van der Waals surface area contributed by atoms with Crippen molar-refractivity contribution in [3.8, 4) is 0 Å². The number of amides is 2. The third-order valence-electron chi connectivity index (χ3n) is 6.07. The summed E-state index contributed by atoms with van der Waals surface area (Å²) in [5.74, 6) is -1.47. The van der Waals surface area contributed by atoms with Gasteiger partial charge in [-0.25, -0.2) is 12.8 Å². The lowest BCUT2D eigenvalue weighted by Crippen LogP contribution is -2.52. The number of nitrogens with zero attached hydrogens (tertiary/aromatic N) is 2. The van der Waals surface area contributed by atoms with Crippen LogP contribution in [0.25, 0.3) is 0 Å². The molecule has 9 heteroatoms. The zero-order chi connectivity index (χ0) is 28.0. The number of aryl methyl sites for hydroxylation is 2. The van der Waals surface area contributed by atoms with Crippen LogP contribution in [0.5, 0.6) is 0 Å². The highest BCUT2D eigenvalue weighted by Crippen LogP contribution is 2.25. The summed E-state index contributed by atoms with van der Waals surface area (Å²) in [6.07, 6.45) is 0. The molecule has 0 aliphatic heterocycles. The summed E-state index contributed by atoms with van der Waals surface area (Å²) in [6.45, 7) is 8.65. The first-order valence-corrected chi connectivity index (χ1v) is 13.8. The highest BCUT2D eigenvalue weighted by molar-refractivity contribution is 7.92. The Morgan fingerprint density at radius 1 is 0.842 bits per heavy atom. The first-order valence-electron chi connectivity index (χ1n) is 12.4. The van der Waals surface area contributed by atoms with Gasteiger partial charge in [-0.1, -0.05) is 47.5 Å². The van der Waals surface area contributed by atoms with E-state index >= 15 is 0 Å². The largest absolute Gasteiger partial charge is 0.352 e. The molecule has 0 aliphatic rings. The normalized spacial score (nSPS) is 12.2. The van der Waals surface area contributed by atoms with Gasteiger partial charge < -0.3 is 10.2 Å². The number of carbonyl (C=O) groups is 2. The summed E-state index contributed by atoms with van der Waals surface area (Å²) in [7, 11) is -4.24. The lowest BCUT2D eigenvalue weighted by atomic mass is 10.1. The van der Waals surface area contributed by atoms with Gasteiger partial charge in [-0.2, -0.15) is 0 Å². The van der Waals surface area contributed by atoms with Crippen molar-refractivity contribution in [1.29, 1.82) is 0 Å². The van der Waals surface area contributed by atoms with Crippen molar-refractivity contribution in [2.75, 3.05) is 10.8 Å². The fourth-order valence-corrected chi connectivity index (χ4v) is 5.27. The summed E-state index contributed by atoms with van der Waals surface area (Å²) < 4.78 is 41.9. The number of halogens is 1. The molecule has 7 nitrogen and oxygen atoms in total. The van der Waals surface area contributed by atoms with E-state index in [0.29, 0.717) is 0 Å². The molecule has 0 heterocycles. The minimum Gasteiger partial charge on any atom is -0.352 e. The molecule has 0 aliphatic carbocycles. The van der Waals surface area contributed by atoms with E-state index in [2.05, 4.69) is 5.32 Å². The van der Waals surface area contributed by atoms with Crippen LogP contribution in [0.1, 0.15) is 37.5 Å². The predicted molar refractivity (Wildman–Crippen MR) is 147 cm³/mol. The molecule has 0 aromatic heterocycles. The molecule has 0 saturated carbocycles. The van der Waals surface area contributed by atoms with Crippen LogP contribution in [-0.4, -0.2) is 43.8 Å². The van der Waals surface area contributed by atoms with Gasteiger partial charge in [0.25, 0.3) is 10.0 Å². The van der Waals surface area contributed by atoms with Gasteiger partial charge in [0.05, 0.1) is 10.6 Å². The highest BCUT2D eigenvalue weighted by Gasteiger charge is 2.32. The number of hydrogen-bond donors (Lipinski definition) is 1. The molecule has 0 radical (unpaired) electrons. The molecule has 0 unspecified atom stereocenters. The summed E-state index contributed by atoms with van der Waals surface area (Å²) in [5, 5.41) is 2.83. The average Bonchev–Trinajstić information content (AvgIpc) is 2.87. The molecule has 0 fully saturated rings. The maximum absolute atomic E-state index is 13.8.